The molecule has 0 bridgehead atoms. The highest BCUT2D eigenvalue weighted by Gasteiger charge is 2.45. The number of hydrogen-bond donors (Lipinski definition) is 0. The lowest BCUT2D eigenvalue weighted by Crippen LogP contribution is -2.60. The number of amides is 1. The van der Waals surface area contributed by atoms with Crippen LogP contribution in [0.2, 0.25) is 0 Å². The number of carbonyl (C=O) groups is 1. The first-order valence-corrected chi connectivity index (χ1v) is 7.31. The molecule has 0 saturated carbocycles. The van der Waals surface area contributed by atoms with Crippen molar-refractivity contribution in [3.63, 3.8) is 0 Å². The third kappa shape index (κ3) is 3.07. The maximum atomic E-state index is 12.7. The minimum Gasteiger partial charge on any atom is -0.381 e. The van der Waals surface area contributed by atoms with Gasteiger partial charge in [0.2, 0.25) is 5.91 Å². The first-order valence-electron chi connectivity index (χ1n) is 7.31. The lowest BCUT2D eigenvalue weighted by Gasteiger charge is -2.52. The molecule has 114 valence electrons. The molecule has 21 heavy (non-hydrogen) atoms. The molecule has 0 aromatic heterocycles. The van der Waals surface area contributed by atoms with Crippen LogP contribution >= 0.6 is 0 Å². The molecule has 3 rings (SSSR count). The van der Waals surface area contributed by atoms with E-state index in [1.165, 1.54) is 12.1 Å². The van der Waals surface area contributed by atoms with Crippen LogP contribution in [0.4, 0.5) is 8.78 Å². The molecule has 1 spiro atoms. The second kappa shape index (κ2) is 5.72. The van der Waals surface area contributed by atoms with E-state index in [4.69, 9.17) is 4.74 Å². The number of benzene rings is 1. The average molecular weight is 295 g/mol. The molecule has 3 nitrogen and oxygen atoms in total. The third-order valence-electron chi connectivity index (χ3n) is 4.52. The lowest BCUT2D eigenvalue weighted by atomic mass is 9.73. The quantitative estimate of drug-likeness (QED) is 0.858. The Bertz CT molecular complexity index is 519. The number of halogens is 2. The second-order valence-corrected chi connectivity index (χ2v) is 6.08. The lowest BCUT2D eigenvalue weighted by molar-refractivity contribution is -0.149. The van der Waals surface area contributed by atoms with Crippen LogP contribution in [0.15, 0.2) is 24.3 Å². The third-order valence-corrected chi connectivity index (χ3v) is 4.52. The van der Waals surface area contributed by atoms with Crippen LogP contribution in [0, 0.1) is 5.41 Å². The van der Waals surface area contributed by atoms with Gasteiger partial charge in [-0.25, -0.2) is 8.78 Å². The predicted molar refractivity (Wildman–Crippen MR) is 74.2 cm³/mol. The van der Waals surface area contributed by atoms with E-state index >= 15 is 0 Å². The van der Waals surface area contributed by atoms with Crippen LogP contribution in [0.5, 0.6) is 0 Å². The second-order valence-electron chi connectivity index (χ2n) is 6.08. The van der Waals surface area contributed by atoms with Crippen LogP contribution in [0.1, 0.15) is 30.4 Å². The Balaban J connectivity index is 1.57. The maximum Gasteiger partial charge on any atom is 0.263 e. The van der Waals surface area contributed by atoms with Gasteiger partial charge in [0.15, 0.2) is 0 Å². The summed E-state index contributed by atoms with van der Waals surface area (Å²) in [4.78, 5) is 14.0. The van der Waals surface area contributed by atoms with Crippen LogP contribution in [-0.4, -0.2) is 37.1 Å². The van der Waals surface area contributed by atoms with Gasteiger partial charge in [-0.2, -0.15) is 0 Å². The van der Waals surface area contributed by atoms with E-state index in [1.54, 1.807) is 12.1 Å². The Labute approximate surface area is 122 Å². The van der Waals surface area contributed by atoms with E-state index in [0.29, 0.717) is 5.56 Å². The molecular weight excluding hydrogens is 276 g/mol. The van der Waals surface area contributed by atoms with Crippen LogP contribution < -0.4 is 0 Å². The van der Waals surface area contributed by atoms with Gasteiger partial charge >= 0.3 is 0 Å². The van der Waals surface area contributed by atoms with Crippen LogP contribution in [0.25, 0.3) is 0 Å². The minimum absolute atomic E-state index is 0.0233. The molecule has 2 heterocycles. The van der Waals surface area contributed by atoms with E-state index in [0.717, 1.165) is 39.1 Å². The number of ether oxygens (including phenoxy) is 1. The topological polar surface area (TPSA) is 29.5 Å². The van der Waals surface area contributed by atoms with Crippen LogP contribution in [-0.2, 0) is 16.0 Å². The Kier molecular flexibility index (Phi) is 3.93. The molecule has 1 aromatic rings. The number of hydrogen-bond acceptors (Lipinski definition) is 2. The van der Waals surface area contributed by atoms with Gasteiger partial charge in [-0.3, -0.25) is 4.79 Å². The molecular formula is C16H19F2NO2. The summed E-state index contributed by atoms with van der Waals surface area (Å²) < 4.78 is 30.7. The van der Waals surface area contributed by atoms with Gasteiger partial charge in [0, 0.05) is 37.3 Å². The molecule has 0 unspecified atom stereocenters. The van der Waals surface area contributed by atoms with E-state index in [9.17, 15) is 13.6 Å². The monoisotopic (exact) mass is 295 g/mol. The number of carbonyl (C=O) groups excluding carboxylic acids is 1. The SMILES string of the molecule is O=C(Cc1cccc(C(F)F)c1)N1CC2(CCOCC2)C1. The summed E-state index contributed by atoms with van der Waals surface area (Å²) in [6.45, 7) is 3.12. The van der Waals surface area contributed by atoms with Crippen molar-refractivity contribution in [2.24, 2.45) is 5.41 Å². The molecule has 0 aliphatic carbocycles. The van der Waals surface area contributed by atoms with E-state index < -0.39 is 6.43 Å². The fourth-order valence-corrected chi connectivity index (χ4v) is 3.19. The van der Waals surface area contributed by atoms with Gasteiger partial charge in [0.25, 0.3) is 6.43 Å². The van der Waals surface area contributed by atoms with Crippen molar-refractivity contribution >= 4 is 5.91 Å². The first-order chi connectivity index (χ1) is 10.1. The summed E-state index contributed by atoms with van der Waals surface area (Å²) in [5.41, 5.74) is 0.883. The van der Waals surface area contributed by atoms with Gasteiger partial charge < -0.3 is 9.64 Å². The molecule has 1 aromatic carbocycles. The summed E-state index contributed by atoms with van der Waals surface area (Å²) >= 11 is 0. The summed E-state index contributed by atoms with van der Waals surface area (Å²) in [5.74, 6) is 0.0264. The summed E-state index contributed by atoms with van der Waals surface area (Å²) in [7, 11) is 0. The zero-order valence-electron chi connectivity index (χ0n) is 11.9. The molecule has 2 saturated heterocycles. The number of alkyl halides is 2. The highest BCUT2D eigenvalue weighted by Crippen LogP contribution is 2.39. The zero-order valence-corrected chi connectivity index (χ0v) is 11.9. The minimum atomic E-state index is -2.49. The summed E-state index contributed by atoms with van der Waals surface area (Å²) in [5, 5.41) is 0. The highest BCUT2D eigenvalue weighted by molar-refractivity contribution is 5.79. The van der Waals surface area contributed by atoms with Crippen molar-refractivity contribution in [3.8, 4) is 0 Å². The zero-order chi connectivity index (χ0) is 14.9. The van der Waals surface area contributed by atoms with Crippen molar-refractivity contribution in [1.29, 1.82) is 0 Å². The Morgan fingerprint density at radius 2 is 2.00 bits per heavy atom. The Hall–Kier alpha value is -1.49. The van der Waals surface area contributed by atoms with Crippen LogP contribution in [0.3, 0.4) is 0 Å². The Morgan fingerprint density at radius 3 is 2.67 bits per heavy atom. The maximum absolute atomic E-state index is 12.7. The molecule has 2 fully saturated rings. The molecule has 2 aliphatic heterocycles. The smallest absolute Gasteiger partial charge is 0.263 e. The molecule has 5 heteroatoms. The van der Waals surface area contributed by atoms with Gasteiger partial charge in [-0.05, 0) is 24.5 Å². The first kappa shape index (κ1) is 14.4. The van der Waals surface area contributed by atoms with Gasteiger partial charge in [-0.1, -0.05) is 18.2 Å². The summed E-state index contributed by atoms with van der Waals surface area (Å²) in [6, 6.07) is 6.12. The number of likely N-dealkylation sites (tertiary alicyclic amines) is 1. The Morgan fingerprint density at radius 1 is 1.29 bits per heavy atom. The predicted octanol–water partition coefficient (Wildman–Crippen LogP) is 2.81. The molecule has 2 aliphatic rings. The van der Waals surface area contributed by atoms with E-state index in [1.807, 2.05) is 4.90 Å². The van der Waals surface area contributed by atoms with Crippen molar-refractivity contribution in [3.05, 3.63) is 35.4 Å². The fourth-order valence-electron chi connectivity index (χ4n) is 3.19. The van der Waals surface area contributed by atoms with Gasteiger partial charge in [0.1, 0.15) is 0 Å². The van der Waals surface area contributed by atoms with Gasteiger partial charge in [-0.15, -0.1) is 0 Å². The van der Waals surface area contributed by atoms with Crippen molar-refractivity contribution in [1.82, 2.24) is 4.90 Å². The number of nitrogens with zero attached hydrogens (tertiary/aromatic N) is 1. The number of rotatable bonds is 3. The molecule has 0 radical (unpaired) electrons. The fraction of sp³-hybridized carbons (Fsp3) is 0.562. The van der Waals surface area contributed by atoms with Gasteiger partial charge in [0.05, 0.1) is 6.42 Å². The largest absolute Gasteiger partial charge is 0.381 e. The van der Waals surface area contributed by atoms with Crippen molar-refractivity contribution < 1.29 is 18.3 Å². The standard InChI is InChI=1S/C16H19F2NO2/c17-15(18)13-3-1-2-12(8-13)9-14(20)19-10-16(11-19)4-6-21-7-5-16/h1-3,8,15H,4-7,9-11H2. The van der Waals surface area contributed by atoms with E-state index in [-0.39, 0.29) is 23.3 Å². The molecule has 0 N–H and O–H groups in total. The average Bonchev–Trinajstić information content (AvgIpc) is 2.45. The summed E-state index contributed by atoms with van der Waals surface area (Å²) in [6.07, 6.45) is -0.267. The molecule has 0 atom stereocenters. The highest BCUT2D eigenvalue weighted by atomic mass is 19.3. The van der Waals surface area contributed by atoms with E-state index in [2.05, 4.69) is 0 Å². The normalized spacial score (nSPS) is 20.6. The van der Waals surface area contributed by atoms with Crippen molar-refractivity contribution in [2.45, 2.75) is 25.7 Å². The molecule has 1 amide bonds. The van der Waals surface area contributed by atoms with Crippen molar-refractivity contribution in [2.75, 3.05) is 26.3 Å².